The summed E-state index contributed by atoms with van der Waals surface area (Å²) in [5.74, 6) is 3.51. The van der Waals surface area contributed by atoms with Gasteiger partial charge in [0.2, 0.25) is 0 Å². The number of halogens is 3. The molecule has 186 valence electrons. The molecule has 4 fully saturated rings. The molecule has 0 aliphatic heterocycles. The molecule has 4 aliphatic carbocycles. The van der Waals surface area contributed by atoms with Crippen molar-refractivity contribution in [3.63, 3.8) is 0 Å². The number of hydrogen-bond acceptors (Lipinski definition) is 1. The molecule has 0 spiro atoms. The SMILES string of the molecule is CC=C/C(=C/CCc1ccc(OC)cc1C12CC3CC(CC(C3)C1)C2)c1cccc(C(F)(F)F)c1. The zero-order chi connectivity index (χ0) is 24.6. The number of allylic oxidation sites excluding steroid dienone is 4. The second-order valence-electron chi connectivity index (χ2n) is 11.0. The number of rotatable bonds is 7. The van der Waals surface area contributed by atoms with Crippen LogP contribution in [0.25, 0.3) is 5.57 Å². The van der Waals surface area contributed by atoms with E-state index in [1.807, 2.05) is 19.1 Å². The maximum absolute atomic E-state index is 13.3. The van der Waals surface area contributed by atoms with Crippen molar-refractivity contribution < 1.29 is 17.9 Å². The maximum atomic E-state index is 13.3. The number of benzene rings is 2. The molecule has 0 N–H and O–H groups in total. The van der Waals surface area contributed by atoms with Crippen LogP contribution in [0.4, 0.5) is 13.2 Å². The van der Waals surface area contributed by atoms with Gasteiger partial charge in [0.1, 0.15) is 5.75 Å². The Hall–Kier alpha value is -2.49. The van der Waals surface area contributed by atoms with Crippen molar-refractivity contribution in [1.29, 1.82) is 0 Å². The summed E-state index contributed by atoms with van der Waals surface area (Å²) in [6.07, 6.45) is 11.3. The maximum Gasteiger partial charge on any atom is 0.416 e. The molecule has 4 aliphatic rings. The molecule has 35 heavy (non-hydrogen) atoms. The van der Waals surface area contributed by atoms with Gasteiger partial charge < -0.3 is 4.74 Å². The smallest absolute Gasteiger partial charge is 0.416 e. The van der Waals surface area contributed by atoms with Crippen LogP contribution in [0.5, 0.6) is 5.75 Å². The molecule has 6 rings (SSSR count). The first-order valence-corrected chi connectivity index (χ1v) is 13.0. The molecule has 0 aromatic heterocycles. The van der Waals surface area contributed by atoms with E-state index in [1.165, 1.54) is 61.8 Å². The Kier molecular flexibility index (Phi) is 6.59. The summed E-state index contributed by atoms with van der Waals surface area (Å²) in [5, 5.41) is 0. The molecule has 0 atom stereocenters. The van der Waals surface area contributed by atoms with Gasteiger partial charge in [0.15, 0.2) is 0 Å². The van der Waals surface area contributed by atoms with Gasteiger partial charge in [-0.2, -0.15) is 13.2 Å². The van der Waals surface area contributed by atoms with Crippen LogP contribution in [-0.2, 0) is 18.0 Å². The highest BCUT2D eigenvalue weighted by Gasteiger charge is 2.52. The molecular formula is C31H35F3O. The van der Waals surface area contributed by atoms with E-state index in [0.717, 1.165) is 48.0 Å². The molecule has 4 bridgehead atoms. The van der Waals surface area contributed by atoms with Crippen LogP contribution in [0.3, 0.4) is 0 Å². The van der Waals surface area contributed by atoms with Gasteiger partial charge in [-0.1, -0.05) is 36.4 Å². The fourth-order valence-electron chi connectivity index (χ4n) is 7.55. The quantitative estimate of drug-likeness (QED) is 0.360. The Morgan fingerprint density at radius 1 is 1.00 bits per heavy atom. The minimum atomic E-state index is -4.34. The van der Waals surface area contributed by atoms with Gasteiger partial charge >= 0.3 is 6.18 Å². The van der Waals surface area contributed by atoms with Crippen LogP contribution in [-0.4, -0.2) is 7.11 Å². The first-order valence-electron chi connectivity index (χ1n) is 13.0. The van der Waals surface area contributed by atoms with E-state index < -0.39 is 11.7 Å². The van der Waals surface area contributed by atoms with E-state index in [4.69, 9.17) is 4.74 Å². The monoisotopic (exact) mass is 480 g/mol. The fraction of sp³-hybridized carbons (Fsp3) is 0.484. The van der Waals surface area contributed by atoms with Gasteiger partial charge in [-0.25, -0.2) is 0 Å². The fourth-order valence-corrected chi connectivity index (χ4v) is 7.55. The summed E-state index contributed by atoms with van der Waals surface area (Å²) in [4.78, 5) is 0. The molecular weight excluding hydrogens is 445 g/mol. The minimum Gasteiger partial charge on any atom is -0.497 e. The molecule has 0 radical (unpaired) electrons. The summed E-state index contributed by atoms with van der Waals surface area (Å²) < 4.78 is 45.4. The van der Waals surface area contributed by atoms with Crippen molar-refractivity contribution >= 4 is 5.57 Å². The van der Waals surface area contributed by atoms with Gasteiger partial charge in [0.25, 0.3) is 0 Å². The molecule has 2 aromatic carbocycles. The zero-order valence-electron chi connectivity index (χ0n) is 20.7. The Morgan fingerprint density at radius 3 is 2.29 bits per heavy atom. The lowest BCUT2D eigenvalue weighted by atomic mass is 9.47. The van der Waals surface area contributed by atoms with Crippen LogP contribution in [0, 0.1) is 17.8 Å². The molecule has 4 heteroatoms. The third-order valence-corrected chi connectivity index (χ3v) is 8.57. The number of hydrogen-bond donors (Lipinski definition) is 0. The second kappa shape index (κ2) is 9.52. The predicted molar refractivity (Wildman–Crippen MR) is 135 cm³/mol. The zero-order valence-corrected chi connectivity index (χ0v) is 20.7. The third-order valence-electron chi connectivity index (χ3n) is 8.57. The Labute approximate surface area is 207 Å². The van der Waals surface area contributed by atoms with Gasteiger partial charge in [-0.3, -0.25) is 0 Å². The van der Waals surface area contributed by atoms with Crippen LogP contribution in [0.2, 0.25) is 0 Å². The summed E-state index contributed by atoms with van der Waals surface area (Å²) in [6.45, 7) is 1.90. The van der Waals surface area contributed by atoms with Gasteiger partial charge in [0, 0.05) is 0 Å². The highest BCUT2D eigenvalue weighted by atomic mass is 19.4. The van der Waals surface area contributed by atoms with E-state index in [9.17, 15) is 13.2 Å². The number of methoxy groups -OCH3 is 1. The third kappa shape index (κ3) is 4.94. The van der Waals surface area contributed by atoms with Gasteiger partial charge in [-0.15, -0.1) is 0 Å². The van der Waals surface area contributed by atoms with Crippen molar-refractivity contribution in [2.24, 2.45) is 17.8 Å². The average molecular weight is 481 g/mol. The molecule has 2 aromatic rings. The van der Waals surface area contributed by atoms with Gasteiger partial charge in [-0.05, 0) is 128 Å². The molecule has 1 nitrogen and oxygen atoms in total. The van der Waals surface area contributed by atoms with Crippen LogP contribution in [0.15, 0.2) is 60.7 Å². The van der Waals surface area contributed by atoms with Crippen molar-refractivity contribution in [3.8, 4) is 5.75 Å². The van der Waals surface area contributed by atoms with E-state index in [2.05, 4.69) is 24.3 Å². The van der Waals surface area contributed by atoms with Crippen molar-refractivity contribution in [2.45, 2.75) is 69.9 Å². The summed E-state index contributed by atoms with van der Waals surface area (Å²) in [5.41, 5.74) is 3.95. The normalized spacial score (nSPS) is 28.1. The Balaban J connectivity index is 1.42. The Bertz CT molecular complexity index is 1090. The summed E-state index contributed by atoms with van der Waals surface area (Å²) >= 11 is 0. The highest BCUT2D eigenvalue weighted by Crippen LogP contribution is 2.61. The average Bonchev–Trinajstić information content (AvgIpc) is 2.82. The standard InChI is InChI=1S/C31H35F3O/c1-3-6-24(26-9-5-10-27(16-26)31(32,33)34)7-4-8-25-11-12-28(35-2)17-29(25)30-18-21-13-22(19-30)15-23(14-21)20-30/h3,5-7,9-12,16-17,21-23H,4,8,13-15,18-20H2,1-2H3/b6-3?,24-7-. The predicted octanol–water partition coefficient (Wildman–Crippen LogP) is 8.77. The first kappa shape index (κ1) is 24.2. The highest BCUT2D eigenvalue weighted by molar-refractivity contribution is 5.74. The molecule has 0 unspecified atom stereocenters. The Morgan fingerprint density at radius 2 is 1.69 bits per heavy atom. The van der Waals surface area contributed by atoms with Crippen LogP contribution < -0.4 is 4.74 Å². The topological polar surface area (TPSA) is 9.23 Å². The summed E-state index contributed by atoms with van der Waals surface area (Å²) in [7, 11) is 1.74. The molecule has 0 heterocycles. The van der Waals surface area contributed by atoms with Crippen molar-refractivity contribution in [1.82, 2.24) is 0 Å². The molecule has 4 saturated carbocycles. The lowest BCUT2D eigenvalue weighted by Gasteiger charge is -2.57. The van der Waals surface area contributed by atoms with Gasteiger partial charge in [0.05, 0.1) is 12.7 Å². The number of aryl methyl sites for hydroxylation is 1. The lowest BCUT2D eigenvalue weighted by Crippen LogP contribution is -2.48. The van der Waals surface area contributed by atoms with Crippen molar-refractivity contribution in [2.75, 3.05) is 7.11 Å². The molecule has 0 saturated heterocycles. The van der Waals surface area contributed by atoms with E-state index >= 15 is 0 Å². The van der Waals surface area contributed by atoms with E-state index in [-0.39, 0.29) is 5.41 Å². The number of alkyl halides is 3. The van der Waals surface area contributed by atoms with Crippen LogP contribution >= 0.6 is 0 Å². The first-order chi connectivity index (χ1) is 16.8. The van der Waals surface area contributed by atoms with E-state index in [1.54, 1.807) is 13.2 Å². The lowest BCUT2D eigenvalue weighted by molar-refractivity contribution is -0.137. The largest absolute Gasteiger partial charge is 0.497 e. The minimum absolute atomic E-state index is 0.273. The van der Waals surface area contributed by atoms with E-state index in [0.29, 0.717) is 5.56 Å². The number of ether oxygens (including phenoxy) is 1. The van der Waals surface area contributed by atoms with Crippen molar-refractivity contribution in [3.05, 3.63) is 82.9 Å². The molecule has 0 amide bonds. The van der Waals surface area contributed by atoms with Crippen LogP contribution in [0.1, 0.15) is 74.1 Å². The summed E-state index contributed by atoms with van der Waals surface area (Å²) in [6, 6.07) is 12.2. The second-order valence-corrected chi connectivity index (χ2v) is 11.0.